The van der Waals surface area contributed by atoms with Crippen LogP contribution < -0.4 is 5.32 Å². The SMILES string of the molecule is C#Cc1ccc(NC2(C)CCN(C(=O)OC(C)(C)C)CC2)nc1. The Morgan fingerprint density at radius 1 is 1.39 bits per heavy atom. The van der Waals surface area contributed by atoms with Crippen LogP contribution in [0.4, 0.5) is 10.6 Å². The second-order valence-corrected chi connectivity index (χ2v) is 7.23. The minimum atomic E-state index is -0.460. The van der Waals surface area contributed by atoms with Crippen molar-refractivity contribution in [1.82, 2.24) is 9.88 Å². The van der Waals surface area contributed by atoms with E-state index >= 15 is 0 Å². The maximum absolute atomic E-state index is 12.1. The molecule has 0 aliphatic carbocycles. The predicted octanol–water partition coefficient (Wildman–Crippen LogP) is 3.26. The minimum Gasteiger partial charge on any atom is -0.444 e. The summed E-state index contributed by atoms with van der Waals surface area (Å²) in [5, 5.41) is 3.46. The van der Waals surface area contributed by atoms with Crippen LogP contribution in [0.3, 0.4) is 0 Å². The van der Waals surface area contributed by atoms with Gasteiger partial charge in [0.15, 0.2) is 0 Å². The molecule has 1 amide bonds. The van der Waals surface area contributed by atoms with Gasteiger partial charge in [0.05, 0.1) is 0 Å². The summed E-state index contributed by atoms with van der Waals surface area (Å²) in [7, 11) is 0. The van der Waals surface area contributed by atoms with E-state index in [-0.39, 0.29) is 11.6 Å². The van der Waals surface area contributed by atoms with Crippen molar-refractivity contribution in [2.75, 3.05) is 18.4 Å². The summed E-state index contributed by atoms with van der Waals surface area (Å²) in [6, 6.07) is 3.76. The number of terminal acetylenes is 1. The third kappa shape index (κ3) is 4.88. The first-order valence-electron chi connectivity index (χ1n) is 7.90. The highest BCUT2D eigenvalue weighted by Gasteiger charge is 2.33. The molecule has 0 saturated carbocycles. The van der Waals surface area contributed by atoms with Gasteiger partial charge in [-0.05, 0) is 52.7 Å². The largest absolute Gasteiger partial charge is 0.444 e. The molecule has 0 bridgehead atoms. The van der Waals surface area contributed by atoms with Gasteiger partial charge in [-0.3, -0.25) is 0 Å². The Morgan fingerprint density at radius 2 is 2.04 bits per heavy atom. The molecule has 2 heterocycles. The Labute approximate surface area is 138 Å². The smallest absolute Gasteiger partial charge is 0.410 e. The number of aromatic nitrogens is 1. The van der Waals surface area contributed by atoms with Crippen LogP contribution in [0.2, 0.25) is 0 Å². The van der Waals surface area contributed by atoms with Crippen molar-refractivity contribution in [3.8, 4) is 12.3 Å². The topological polar surface area (TPSA) is 54.5 Å². The summed E-state index contributed by atoms with van der Waals surface area (Å²) >= 11 is 0. The Balaban J connectivity index is 1.91. The third-order valence-corrected chi connectivity index (χ3v) is 3.88. The van der Waals surface area contributed by atoms with Crippen LogP contribution in [0.25, 0.3) is 0 Å². The highest BCUT2D eigenvalue weighted by atomic mass is 16.6. The number of pyridine rings is 1. The van der Waals surface area contributed by atoms with Gasteiger partial charge in [0.25, 0.3) is 0 Å². The van der Waals surface area contributed by atoms with Crippen LogP contribution in [0.5, 0.6) is 0 Å². The number of amides is 1. The van der Waals surface area contributed by atoms with Gasteiger partial charge in [-0.2, -0.15) is 0 Å². The minimum absolute atomic E-state index is 0.0941. The molecule has 23 heavy (non-hydrogen) atoms. The fourth-order valence-electron chi connectivity index (χ4n) is 2.50. The summed E-state index contributed by atoms with van der Waals surface area (Å²) < 4.78 is 5.42. The van der Waals surface area contributed by atoms with Gasteiger partial charge in [-0.25, -0.2) is 9.78 Å². The number of hydrogen-bond acceptors (Lipinski definition) is 4. The Bertz CT molecular complexity index is 588. The average Bonchev–Trinajstić information content (AvgIpc) is 2.46. The van der Waals surface area contributed by atoms with Gasteiger partial charge in [0.1, 0.15) is 11.4 Å². The molecular formula is C18H25N3O2. The monoisotopic (exact) mass is 315 g/mol. The van der Waals surface area contributed by atoms with Crippen LogP contribution in [0.15, 0.2) is 18.3 Å². The van der Waals surface area contributed by atoms with E-state index in [0.29, 0.717) is 13.1 Å². The molecule has 1 aliphatic rings. The van der Waals surface area contributed by atoms with Crippen molar-refractivity contribution in [3.05, 3.63) is 23.9 Å². The fraction of sp³-hybridized carbons (Fsp3) is 0.556. The number of piperidine rings is 1. The predicted molar refractivity (Wildman–Crippen MR) is 91.2 cm³/mol. The quantitative estimate of drug-likeness (QED) is 0.851. The maximum atomic E-state index is 12.1. The molecule has 1 N–H and O–H groups in total. The standard InChI is InChI=1S/C18H25N3O2/c1-6-14-7-8-15(19-13-14)20-18(5)9-11-21(12-10-18)16(22)23-17(2,3)4/h1,7-8,13H,9-12H2,2-5H3,(H,19,20). The van der Waals surface area contributed by atoms with Crippen molar-refractivity contribution >= 4 is 11.9 Å². The number of ether oxygens (including phenoxy) is 1. The number of rotatable bonds is 2. The highest BCUT2D eigenvalue weighted by Crippen LogP contribution is 2.26. The van der Waals surface area contributed by atoms with Crippen molar-refractivity contribution < 1.29 is 9.53 Å². The summed E-state index contributed by atoms with van der Waals surface area (Å²) in [6.45, 7) is 9.13. The number of nitrogens with one attached hydrogen (secondary N) is 1. The van der Waals surface area contributed by atoms with Crippen LogP contribution in [-0.4, -0.2) is 40.2 Å². The van der Waals surface area contributed by atoms with Crippen LogP contribution >= 0.6 is 0 Å². The van der Waals surface area contributed by atoms with E-state index in [1.165, 1.54) is 0 Å². The molecule has 124 valence electrons. The first kappa shape index (κ1) is 17.1. The van der Waals surface area contributed by atoms with E-state index in [0.717, 1.165) is 24.2 Å². The van der Waals surface area contributed by atoms with Gasteiger partial charge >= 0.3 is 6.09 Å². The molecule has 0 spiro atoms. The molecule has 1 aromatic heterocycles. The first-order chi connectivity index (χ1) is 10.7. The lowest BCUT2D eigenvalue weighted by molar-refractivity contribution is 0.0184. The molecule has 1 aliphatic heterocycles. The number of anilines is 1. The molecule has 0 unspecified atom stereocenters. The van der Waals surface area contributed by atoms with Crippen molar-refractivity contribution in [2.45, 2.75) is 51.7 Å². The number of carbonyl (C=O) groups is 1. The Morgan fingerprint density at radius 3 is 2.52 bits per heavy atom. The van der Waals surface area contributed by atoms with Crippen LogP contribution in [0, 0.1) is 12.3 Å². The summed E-state index contributed by atoms with van der Waals surface area (Å²) in [6.07, 6.45) is 8.46. The lowest BCUT2D eigenvalue weighted by Crippen LogP contribution is -2.50. The van der Waals surface area contributed by atoms with E-state index in [1.54, 1.807) is 11.1 Å². The molecule has 2 rings (SSSR count). The molecule has 0 radical (unpaired) electrons. The number of carbonyl (C=O) groups excluding carboxylic acids is 1. The van der Waals surface area contributed by atoms with Gasteiger partial charge in [0.2, 0.25) is 0 Å². The van der Waals surface area contributed by atoms with Crippen molar-refractivity contribution in [1.29, 1.82) is 0 Å². The van der Waals surface area contributed by atoms with Crippen molar-refractivity contribution in [2.24, 2.45) is 0 Å². The van der Waals surface area contributed by atoms with Gasteiger partial charge in [0, 0.05) is 30.4 Å². The molecule has 0 aromatic carbocycles. The van der Waals surface area contributed by atoms with E-state index in [1.807, 2.05) is 32.9 Å². The molecule has 5 nitrogen and oxygen atoms in total. The molecule has 0 atom stereocenters. The molecule has 1 fully saturated rings. The molecular weight excluding hydrogens is 290 g/mol. The summed E-state index contributed by atoms with van der Waals surface area (Å²) in [5.74, 6) is 3.36. The van der Waals surface area contributed by atoms with Crippen LogP contribution in [0.1, 0.15) is 46.1 Å². The van der Waals surface area contributed by atoms with E-state index in [2.05, 4.69) is 23.1 Å². The fourth-order valence-corrected chi connectivity index (χ4v) is 2.50. The number of nitrogens with zero attached hydrogens (tertiary/aromatic N) is 2. The molecule has 1 aromatic rings. The second kappa shape index (κ2) is 6.49. The average molecular weight is 315 g/mol. The zero-order valence-corrected chi connectivity index (χ0v) is 14.3. The van der Waals surface area contributed by atoms with E-state index in [9.17, 15) is 4.79 Å². The van der Waals surface area contributed by atoms with Crippen molar-refractivity contribution in [3.63, 3.8) is 0 Å². The highest BCUT2D eigenvalue weighted by molar-refractivity contribution is 5.68. The van der Waals surface area contributed by atoms with Gasteiger partial charge in [-0.1, -0.05) is 5.92 Å². The van der Waals surface area contributed by atoms with E-state index in [4.69, 9.17) is 11.2 Å². The lowest BCUT2D eigenvalue weighted by Gasteiger charge is -2.40. The molecule has 5 heteroatoms. The number of likely N-dealkylation sites (tertiary alicyclic amines) is 1. The number of hydrogen-bond donors (Lipinski definition) is 1. The van der Waals surface area contributed by atoms with Gasteiger partial charge in [-0.15, -0.1) is 6.42 Å². The summed E-state index contributed by atoms with van der Waals surface area (Å²) in [4.78, 5) is 18.2. The molecule has 1 saturated heterocycles. The zero-order valence-electron chi connectivity index (χ0n) is 14.3. The summed E-state index contributed by atoms with van der Waals surface area (Å²) in [5.41, 5.74) is 0.211. The first-order valence-corrected chi connectivity index (χ1v) is 7.90. The Hall–Kier alpha value is -2.22. The van der Waals surface area contributed by atoms with Gasteiger partial charge < -0.3 is 15.0 Å². The third-order valence-electron chi connectivity index (χ3n) is 3.88. The normalized spacial score (nSPS) is 17.3. The van der Waals surface area contributed by atoms with E-state index < -0.39 is 5.60 Å². The Kier molecular flexibility index (Phi) is 4.84. The zero-order chi connectivity index (χ0) is 17.1. The maximum Gasteiger partial charge on any atom is 0.410 e. The van der Waals surface area contributed by atoms with Crippen LogP contribution in [-0.2, 0) is 4.74 Å². The second-order valence-electron chi connectivity index (χ2n) is 7.23. The lowest BCUT2D eigenvalue weighted by atomic mass is 9.89.